The molecule has 0 saturated heterocycles. The van der Waals surface area contributed by atoms with Crippen molar-refractivity contribution in [1.29, 1.82) is 0 Å². The van der Waals surface area contributed by atoms with E-state index < -0.39 is 5.60 Å². The molecule has 0 bridgehead atoms. The summed E-state index contributed by atoms with van der Waals surface area (Å²) in [5, 5.41) is 2.92. The van der Waals surface area contributed by atoms with Crippen molar-refractivity contribution in [3.63, 3.8) is 0 Å². The molecule has 0 aliphatic rings. The van der Waals surface area contributed by atoms with Gasteiger partial charge in [-0.05, 0) is 32.3 Å². The molecule has 0 aliphatic heterocycles. The molecule has 0 saturated carbocycles. The first-order valence-electron chi connectivity index (χ1n) is 9.10. The maximum absolute atomic E-state index is 12.7. The van der Waals surface area contributed by atoms with E-state index in [9.17, 15) is 4.79 Å². The highest BCUT2D eigenvalue weighted by atomic mass is 16.5. The number of pyridine rings is 1. The topological polar surface area (TPSA) is 60.5 Å². The molecule has 136 valence electrons. The van der Waals surface area contributed by atoms with E-state index in [-0.39, 0.29) is 5.91 Å². The van der Waals surface area contributed by atoms with Gasteiger partial charge in [-0.1, -0.05) is 40.0 Å². The van der Waals surface area contributed by atoms with Crippen LogP contribution in [0.15, 0.2) is 18.3 Å². The molecule has 1 atom stereocenters. The molecule has 1 rings (SSSR count). The summed E-state index contributed by atoms with van der Waals surface area (Å²) in [6, 6.07) is 3.58. The number of carbonyl (C=O) groups excluding carboxylic acids is 1. The summed E-state index contributed by atoms with van der Waals surface area (Å²) in [5.74, 6) is 0.457. The van der Waals surface area contributed by atoms with Crippen LogP contribution in [0.1, 0.15) is 66.2 Å². The van der Waals surface area contributed by atoms with E-state index in [4.69, 9.17) is 9.47 Å². The van der Waals surface area contributed by atoms with Gasteiger partial charge < -0.3 is 14.8 Å². The van der Waals surface area contributed by atoms with E-state index in [2.05, 4.69) is 17.2 Å². The number of carbonyl (C=O) groups is 1. The fourth-order valence-corrected chi connectivity index (χ4v) is 2.30. The molecule has 0 aromatic carbocycles. The summed E-state index contributed by atoms with van der Waals surface area (Å²) in [7, 11) is 0. The third-order valence-corrected chi connectivity index (χ3v) is 3.81. The number of nitrogens with one attached hydrogen (secondary N) is 1. The van der Waals surface area contributed by atoms with Crippen LogP contribution in [-0.2, 0) is 9.53 Å². The first kappa shape index (κ1) is 20.4. The minimum Gasteiger partial charge on any atom is -0.478 e. The SMILES string of the molecule is CCCCC[C@](C)(OCCC)C(=O)Nc1ccc(OCCC)nc1. The Morgan fingerprint density at radius 2 is 1.88 bits per heavy atom. The second kappa shape index (κ2) is 11.0. The molecular formula is C19H32N2O3. The van der Waals surface area contributed by atoms with Crippen LogP contribution in [-0.4, -0.2) is 29.7 Å². The third-order valence-electron chi connectivity index (χ3n) is 3.81. The van der Waals surface area contributed by atoms with E-state index in [1.807, 2.05) is 26.8 Å². The van der Waals surface area contributed by atoms with Crippen LogP contribution in [0, 0.1) is 0 Å². The van der Waals surface area contributed by atoms with Gasteiger partial charge in [0, 0.05) is 12.7 Å². The quantitative estimate of drug-likeness (QED) is 0.568. The fourth-order valence-electron chi connectivity index (χ4n) is 2.30. The fraction of sp³-hybridized carbons (Fsp3) is 0.684. The lowest BCUT2D eigenvalue weighted by Crippen LogP contribution is -2.43. The second-order valence-electron chi connectivity index (χ2n) is 6.22. The smallest absolute Gasteiger partial charge is 0.256 e. The molecule has 0 unspecified atom stereocenters. The van der Waals surface area contributed by atoms with Gasteiger partial charge in [-0.25, -0.2) is 4.98 Å². The van der Waals surface area contributed by atoms with Crippen molar-refractivity contribution < 1.29 is 14.3 Å². The minimum absolute atomic E-state index is 0.115. The molecule has 0 fully saturated rings. The van der Waals surface area contributed by atoms with Crippen molar-refractivity contribution in [3.05, 3.63) is 18.3 Å². The number of hydrogen-bond donors (Lipinski definition) is 1. The Morgan fingerprint density at radius 3 is 2.46 bits per heavy atom. The van der Waals surface area contributed by atoms with Gasteiger partial charge in [-0.15, -0.1) is 0 Å². The van der Waals surface area contributed by atoms with Crippen LogP contribution in [0.5, 0.6) is 5.88 Å². The summed E-state index contributed by atoms with van der Waals surface area (Å²) < 4.78 is 11.3. The Labute approximate surface area is 146 Å². The molecule has 0 radical (unpaired) electrons. The summed E-state index contributed by atoms with van der Waals surface area (Å²) in [6.45, 7) is 9.34. The number of nitrogens with zero attached hydrogens (tertiary/aromatic N) is 1. The van der Waals surface area contributed by atoms with Crippen LogP contribution >= 0.6 is 0 Å². The molecule has 1 heterocycles. The molecule has 1 amide bonds. The molecule has 0 aliphatic carbocycles. The molecule has 0 spiro atoms. The highest BCUT2D eigenvalue weighted by molar-refractivity contribution is 5.96. The largest absolute Gasteiger partial charge is 0.478 e. The van der Waals surface area contributed by atoms with Gasteiger partial charge in [-0.3, -0.25) is 4.79 Å². The number of aromatic nitrogens is 1. The van der Waals surface area contributed by atoms with Gasteiger partial charge in [0.15, 0.2) is 0 Å². The first-order chi connectivity index (χ1) is 11.6. The summed E-state index contributed by atoms with van der Waals surface area (Å²) >= 11 is 0. The minimum atomic E-state index is -0.803. The first-order valence-corrected chi connectivity index (χ1v) is 9.10. The molecule has 1 aromatic heterocycles. The van der Waals surface area contributed by atoms with Crippen LogP contribution in [0.25, 0.3) is 0 Å². The predicted octanol–water partition coefficient (Wildman–Crippen LogP) is 4.57. The number of amides is 1. The van der Waals surface area contributed by atoms with Gasteiger partial charge in [0.05, 0.1) is 18.5 Å². The van der Waals surface area contributed by atoms with E-state index in [1.54, 1.807) is 12.3 Å². The van der Waals surface area contributed by atoms with Crippen molar-refractivity contribution in [2.75, 3.05) is 18.5 Å². The Kier molecular flexibility index (Phi) is 9.38. The zero-order chi connectivity index (χ0) is 17.8. The van der Waals surface area contributed by atoms with Gasteiger partial charge in [0.2, 0.25) is 5.88 Å². The normalized spacial score (nSPS) is 13.3. The predicted molar refractivity (Wildman–Crippen MR) is 97.4 cm³/mol. The van der Waals surface area contributed by atoms with Gasteiger partial charge >= 0.3 is 0 Å². The number of unbranched alkanes of at least 4 members (excludes halogenated alkanes) is 2. The van der Waals surface area contributed by atoms with E-state index in [0.717, 1.165) is 38.5 Å². The average Bonchev–Trinajstić information content (AvgIpc) is 2.59. The van der Waals surface area contributed by atoms with Crippen LogP contribution < -0.4 is 10.1 Å². The van der Waals surface area contributed by atoms with Crippen LogP contribution in [0.2, 0.25) is 0 Å². The average molecular weight is 336 g/mol. The van der Waals surface area contributed by atoms with Gasteiger partial charge in [0.1, 0.15) is 5.60 Å². The van der Waals surface area contributed by atoms with Gasteiger partial charge in [-0.2, -0.15) is 0 Å². The van der Waals surface area contributed by atoms with Gasteiger partial charge in [0.25, 0.3) is 5.91 Å². The van der Waals surface area contributed by atoms with Crippen LogP contribution in [0.3, 0.4) is 0 Å². The Bertz CT molecular complexity index is 476. The van der Waals surface area contributed by atoms with E-state index in [0.29, 0.717) is 24.8 Å². The lowest BCUT2D eigenvalue weighted by molar-refractivity contribution is -0.140. The molecule has 5 nitrogen and oxygen atoms in total. The highest BCUT2D eigenvalue weighted by Crippen LogP contribution is 2.23. The maximum atomic E-state index is 12.7. The third kappa shape index (κ3) is 6.87. The van der Waals surface area contributed by atoms with Crippen LogP contribution in [0.4, 0.5) is 5.69 Å². The lowest BCUT2D eigenvalue weighted by atomic mass is 9.96. The molecule has 1 N–H and O–H groups in total. The number of anilines is 1. The zero-order valence-corrected chi connectivity index (χ0v) is 15.6. The second-order valence-corrected chi connectivity index (χ2v) is 6.22. The van der Waals surface area contributed by atoms with Crippen molar-refractivity contribution in [3.8, 4) is 5.88 Å². The monoisotopic (exact) mass is 336 g/mol. The summed E-state index contributed by atoms with van der Waals surface area (Å²) in [6.07, 6.45) is 7.36. The lowest BCUT2D eigenvalue weighted by Gasteiger charge is -2.28. The molecule has 5 heteroatoms. The van der Waals surface area contributed by atoms with E-state index >= 15 is 0 Å². The van der Waals surface area contributed by atoms with Crippen molar-refractivity contribution >= 4 is 11.6 Å². The molecule has 24 heavy (non-hydrogen) atoms. The highest BCUT2D eigenvalue weighted by Gasteiger charge is 2.33. The summed E-state index contributed by atoms with van der Waals surface area (Å²) in [5.41, 5.74) is -0.145. The van der Waals surface area contributed by atoms with Crippen molar-refractivity contribution in [2.45, 2.75) is 71.8 Å². The Morgan fingerprint density at radius 1 is 1.12 bits per heavy atom. The summed E-state index contributed by atoms with van der Waals surface area (Å²) in [4.78, 5) is 16.9. The number of hydrogen-bond acceptors (Lipinski definition) is 4. The van der Waals surface area contributed by atoms with E-state index in [1.165, 1.54) is 0 Å². The Hall–Kier alpha value is -1.62. The molecular weight excluding hydrogens is 304 g/mol. The van der Waals surface area contributed by atoms with Crippen molar-refractivity contribution in [2.24, 2.45) is 0 Å². The molecule has 1 aromatic rings. The standard InChI is InChI=1S/C19H32N2O3/c1-5-8-9-12-19(4,24-14-7-3)18(22)21-16-10-11-17(20-15-16)23-13-6-2/h10-11,15H,5-9,12-14H2,1-4H3,(H,21,22)/t19-/m0/s1. The Balaban J connectivity index is 2.68. The maximum Gasteiger partial charge on any atom is 0.256 e. The number of rotatable bonds is 12. The van der Waals surface area contributed by atoms with Crippen molar-refractivity contribution in [1.82, 2.24) is 4.98 Å². The zero-order valence-electron chi connectivity index (χ0n) is 15.6. The number of ether oxygens (including phenoxy) is 2.